The number of carbonyl (C=O) groups is 2. The van der Waals surface area contributed by atoms with Crippen LogP contribution in [0.25, 0.3) is 0 Å². The Labute approximate surface area is 135 Å². The van der Waals surface area contributed by atoms with Crippen molar-refractivity contribution >= 4 is 17.6 Å². The summed E-state index contributed by atoms with van der Waals surface area (Å²) in [5, 5.41) is 0. The van der Waals surface area contributed by atoms with Crippen molar-refractivity contribution in [1.29, 1.82) is 0 Å². The van der Waals surface area contributed by atoms with E-state index in [1.165, 1.54) is 4.90 Å². The van der Waals surface area contributed by atoms with E-state index in [4.69, 9.17) is 4.74 Å². The van der Waals surface area contributed by atoms with Gasteiger partial charge in [0.25, 0.3) is 5.91 Å². The van der Waals surface area contributed by atoms with Crippen LogP contribution in [-0.2, 0) is 4.79 Å². The molecule has 1 atom stereocenters. The van der Waals surface area contributed by atoms with Gasteiger partial charge in [-0.25, -0.2) is 9.69 Å². The lowest BCUT2D eigenvalue weighted by Crippen LogP contribution is -2.34. The van der Waals surface area contributed by atoms with E-state index in [0.29, 0.717) is 11.4 Å². The van der Waals surface area contributed by atoms with Crippen molar-refractivity contribution in [2.75, 3.05) is 18.6 Å². The van der Waals surface area contributed by atoms with Crippen LogP contribution in [0.1, 0.15) is 18.5 Å². The molecule has 5 nitrogen and oxygen atoms in total. The average Bonchev–Trinajstić information content (AvgIpc) is 2.89. The smallest absolute Gasteiger partial charge is 0.332 e. The molecular formula is C18H18N2O3. The molecule has 0 spiro atoms. The number of imide groups is 1. The molecule has 23 heavy (non-hydrogen) atoms. The lowest BCUT2D eigenvalue weighted by molar-refractivity contribution is -0.116. The van der Waals surface area contributed by atoms with Gasteiger partial charge < -0.3 is 9.64 Å². The van der Waals surface area contributed by atoms with Gasteiger partial charge in [-0.2, -0.15) is 0 Å². The summed E-state index contributed by atoms with van der Waals surface area (Å²) in [6, 6.07) is 16.2. The van der Waals surface area contributed by atoms with Crippen LogP contribution in [0.5, 0.6) is 5.75 Å². The minimum atomic E-state index is -0.306. The molecule has 0 radical (unpaired) electrons. The first-order valence-electron chi connectivity index (χ1n) is 7.44. The molecule has 5 heteroatoms. The van der Waals surface area contributed by atoms with Crippen molar-refractivity contribution in [3.63, 3.8) is 0 Å². The Morgan fingerprint density at radius 2 is 1.78 bits per heavy atom. The number of benzene rings is 2. The molecule has 0 bridgehead atoms. The molecule has 0 aromatic heterocycles. The van der Waals surface area contributed by atoms with E-state index < -0.39 is 0 Å². The first-order chi connectivity index (χ1) is 11.1. The molecule has 1 aliphatic heterocycles. The van der Waals surface area contributed by atoms with E-state index >= 15 is 0 Å². The quantitative estimate of drug-likeness (QED) is 0.815. The number of ether oxygens (including phenoxy) is 1. The second-order valence-corrected chi connectivity index (χ2v) is 5.43. The van der Waals surface area contributed by atoms with Gasteiger partial charge >= 0.3 is 6.03 Å². The number of amides is 3. The third-order valence-corrected chi connectivity index (χ3v) is 4.05. The van der Waals surface area contributed by atoms with Crippen molar-refractivity contribution in [3.8, 4) is 5.75 Å². The molecule has 1 aliphatic rings. The second kappa shape index (κ2) is 6.12. The number of nitrogens with zero attached hydrogens (tertiary/aromatic N) is 2. The van der Waals surface area contributed by atoms with E-state index in [1.54, 1.807) is 36.3 Å². The van der Waals surface area contributed by atoms with Crippen LogP contribution in [0.3, 0.4) is 0 Å². The molecule has 0 saturated carbocycles. The molecule has 0 aliphatic carbocycles. The van der Waals surface area contributed by atoms with Gasteiger partial charge in [0.1, 0.15) is 12.3 Å². The highest BCUT2D eigenvalue weighted by Gasteiger charge is 2.39. The normalized spacial score (nSPS) is 15.9. The number of rotatable bonds is 4. The number of hydrogen-bond acceptors (Lipinski definition) is 3. The highest BCUT2D eigenvalue weighted by molar-refractivity contribution is 6.19. The Bertz CT molecular complexity index is 730. The molecule has 3 rings (SSSR count). The summed E-state index contributed by atoms with van der Waals surface area (Å²) in [6.07, 6.45) is 0. The largest absolute Gasteiger partial charge is 0.497 e. The standard InChI is InChI=1S/C18H18N2O3/c1-13(14-7-4-3-5-8-14)19-12-17(21)20(18(19)22)15-9-6-10-16(11-15)23-2/h3-11,13H,12H2,1-2H3/t13-/m1/s1. The van der Waals surface area contributed by atoms with Crippen molar-refractivity contribution < 1.29 is 14.3 Å². The van der Waals surface area contributed by atoms with E-state index in [-0.39, 0.29) is 24.5 Å². The third-order valence-electron chi connectivity index (χ3n) is 4.05. The van der Waals surface area contributed by atoms with E-state index in [9.17, 15) is 9.59 Å². The highest BCUT2D eigenvalue weighted by atomic mass is 16.5. The average molecular weight is 310 g/mol. The maximum absolute atomic E-state index is 12.7. The van der Waals surface area contributed by atoms with Crippen molar-refractivity contribution in [1.82, 2.24) is 4.90 Å². The van der Waals surface area contributed by atoms with Crippen molar-refractivity contribution in [2.45, 2.75) is 13.0 Å². The van der Waals surface area contributed by atoms with Crippen LogP contribution in [0.15, 0.2) is 54.6 Å². The first-order valence-corrected chi connectivity index (χ1v) is 7.44. The zero-order chi connectivity index (χ0) is 16.4. The highest BCUT2D eigenvalue weighted by Crippen LogP contribution is 2.30. The molecule has 2 aromatic carbocycles. The Balaban J connectivity index is 1.88. The number of hydrogen-bond donors (Lipinski definition) is 0. The van der Waals surface area contributed by atoms with Crippen LogP contribution >= 0.6 is 0 Å². The SMILES string of the molecule is COc1cccc(N2C(=O)CN([C@H](C)c3ccccc3)C2=O)c1. The minimum absolute atomic E-state index is 0.0755. The minimum Gasteiger partial charge on any atom is -0.497 e. The summed E-state index contributed by atoms with van der Waals surface area (Å²) in [5.74, 6) is 0.378. The van der Waals surface area contributed by atoms with E-state index in [1.807, 2.05) is 37.3 Å². The van der Waals surface area contributed by atoms with Crippen LogP contribution in [-0.4, -0.2) is 30.5 Å². The molecule has 3 amide bonds. The number of anilines is 1. The van der Waals surface area contributed by atoms with Gasteiger partial charge in [0.2, 0.25) is 0 Å². The molecular weight excluding hydrogens is 292 g/mol. The van der Waals surface area contributed by atoms with E-state index in [2.05, 4.69) is 0 Å². The predicted molar refractivity (Wildman–Crippen MR) is 87.4 cm³/mol. The fraction of sp³-hybridized carbons (Fsp3) is 0.222. The zero-order valence-corrected chi connectivity index (χ0v) is 13.1. The summed E-state index contributed by atoms with van der Waals surface area (Å²) in [6.45, 7) is 2.00. The lowest BCUT2D eigenvalue weighted by Gasteiger charge is -2.24. The number of carbonyl (C=O) groups excluding carboxylic acids is 2. The Morgan fingerprint density at radius 1 is 1.04 bits per heavy atom. The Morgan fingerprint density at radius 3 is 2.48 bits per heavy atom. The van der Waals surface area contributed by atoms with Gasteiger partial charge in [0.05, 0.1) is 18.8 Å². The Hall–Kier alpha value is -2.82. The van der Waals surface area contributed by atoms with Crippen LogP contribution in [0, 0.1) is 0 Å². The van der Waals surface area contributed by atoms with E-state index in [0.717, 1.165) is 5.56 Å². The summed E-state index contributed by atoms with van der Waals surface area (Å²) in [5.41, 5.74) is 1.53. The van der Waals surface area contributed by atoms with Crippen LogP contribution < -0.4 is 9.64 Å². The fourth-order valence-corrected chi connectivity index (χ4v) is 2.74. The second-order valence-electron chi connectivity index (χ2n) is 5.43. The summed E-state index contributed by atoms with van der Waals surface area (Å²) < 4.78 is 5.17. The molecule has 1 fully saturated rings. The molecule has 1 heterocycles. The first kappa shape index (κ1) is 15.1. The van der Waals surface area contributed by atoms with Gasteiger partial charge in [-0.15, -0.1) is 0 Å². The van der Waals surface area contributed by atoms with Crippen LogP contribution in [0.2, 0.25) is 0 Å². The molecule has 0 unspecified atom stereocenters. The topological polar surface area (TPSA) is 49.9 Å². The number of urea groups is 1. The molecule has 0 N–H and O–H groups in total. The number of methoxy groups -OCH3 is 1. The fourth-order valence-electron chi connectivity index (χ4n) is 2.74. The monoisotopic (exact) mass is 310 g/mol. The molecule has 2 aromatic rings. The summed E-state index contributed by atoms with van der Waals surface area (Å²) in [4.78, 5) is 27.9. The van der Waals surface area contributed by atoms with Crippen LogP contribution in [0.4, 0.5) is 10.5 Å². The van der Waals surface area contributed by atoms with Gasteiger partial charge in [-0.05, 0) is 24.6 Å². The maximum atomic E-state index is 12.7. The third kappa shape index (κ3) is 2.77. The van der Waals surface area contributed by atoms with Gasteiger partial charge in [-0.1, -0.05) is 36.4 Å². The maximum Gasteiger partial charge on any atom is 0.332 e. The van der Waals surface area contributed by atoms with Gasteiger partial charge in [-0.3, -0.25) is 4.79 Å². The molecule has 1 saturated heterocycles. The summed E-state index contributed by atoms with van der Waals surface area (Å²) >= 11 is 0. The van der Waals surface area contributed by atoms with Crippen molar-refractivity contribution in [2.24, 2.45) is 0 Å². The summed E-state index contributed by atoms with van der Waals surface area (Å²) in [7, 11) is 1.55. The predicted octanol–water partition coefficient (Wildman–Crippen LogP) is 3.23. The lowest BCUT2D eigenvalue weighted by atomic mass is 10.1. The van der Waals surface area contributed by atoms with Gasteiger partial charge in [0, 0.05) is 6.07 Å². The molecule has 118 valence electrons. The Kier molecular flexibility index (Phi) is 4.02. The van der Waals surface area contributed by atoms with Crippen molar-refractivity contribution in [3.05, 3.63) is 60.2 Å². The van der Waals surface area contributed by atoms with Gasteiger partial charge in [0.15, 0.2) is 0 Å². The zero-order valence-electron chi connectivity index (χ0n) is 13.1.